The van der Waals surface area contributed by atoms with Crippen LogP contribution in [0.1, 0.15) is 33.9 Å². The lowest BCUT2D eigenvalue weighted by atomic mass is 9.73. The highest BCUT2D eigenvalue weighted by atomic mass is 16.2. The molecule has 2 aliphatic heterocycles. The third-order valence-electron chi connectivity index (χ3n) is 5.80. The van der Waals surface area contributed by atoms with Gasteiger partial charge in [-0.1, -0.05) is 24.3 Å². The topological polar surface area (TPSA) is 108 Å². The number of aromatic nitrogens is 3. The highest BCUT2D eigenvalue weighted by Crippen LogP contribution is 2.54. The molecule has 0 saturated carbocycles. The van der Waals surface area contributed by atoms with E-state index < -0.39 is 22.9 Å². The van der Waals surface area contributed by atoms with E-state index in [0.29, 0.717) is 13.0 Å². The van der Waals surface area contributed by atoms with Crippen molar-refractivity contribution in [1.82, 2.24) is 19.9 Å². The van der Waals surface area contributed by atoms with Gasteiger partial charge in [-0.15, -0.1) is 0 Å². The van der Waals surface area contributed by atoms with Crippen molar-refractivity contribution in [3.05, 3.63) is 88.4 Å². The van der Waals surface area contributed by atoms with Crippen molar-refractivity contribution in [2.24, 2.45) is 0 Å². The SMILES string of the molecule is O=C(c1cnc[nH]c1=O)N1CCC2(C(=O)Nc3ccccc32)C1c1cccnc1. The van der Waals surface area contributed by atoms with Gasteiger partial charge in [0, 0.05) is 30.8 Å². The Hall–Kier alpha value is -3.81. The number of hydrogen-bond acceptors (Lipinski definition) is 5. The Kier molecular flexibility index (Phi) is 3.80. The van der Waals surface area contributed by atoms with Crippen LogP contribution in [0.5, 0.6) is 0 Å². The highest BCUT2D eigenvalue weighted by Gasteiger charge is 2.59. The Labute approximate surface area is 165 Å². The molecule has 1 fully saturated rings. The summed E-state index contributed by atoms with van der Waals surface area (Å²) in [5.74, 6) is -0.606. The first-order valence-corrected chi connectivity index (χ1v) is 9.27. The van der Waals surface area contributed by atoms with Gasteiger partial charge in [0.2, 0.25) is 5.91 Å². The van der Waals surface area contributed by atoms with E-state index >= 15 is 0 Å². The van der Waals surface area contributed by atoms with Crippen molar-refractivity contribution in [2.75, 3.05) is 11.9 Å². The van der Waals surface area contributed by atoms with Gasteiger partial charge in [0.1, 0.15) is 11.0 Å². The molecule has 8 nitrogen and oxygen atoms in total. The van der Waals surface area contributed by atoms with Gasteiger partial charge < -0.3 is 15.2 Å². The molecule has 144 valence electrons. The molecule has 4 heterocycles. The molecule has 0 bridgehead atoms. The van der Waals surface area contributed by atoms with Crippen LogP contribution in [0.2, 0.25) is 0 Å². The lowest BCUT2D eigenvalue weighted by molar-refractivity contribution is -0.121. The summed E-state index contributed by atoms with van der Waals surface area (Å²) in [7, 11) is 0. The van der Waals surface area contributed by atoms with Crippen LogP contribution in [0, 0.1) is 0 Å². The molecule has 1 saturated heterocycles. The molecule has 2 aromatic heterocycles. The van der Waals surface area contributed by atoms with Crippen LogP contribution in [0.3, 0.4) is 0 Å². The third-order valence-corrected chi connectivity index (χ3v) is 5.80. The van der Waals surface area contributed by atoms with Crippen LogP contribution in [-0.4, -0.2) is 38.2 Å². The molecule has 5 rings (SSSR count). The fraction of sp³-hybridized carbons (Fsp3) is 0.190. The summed E-state index contributed by atoms with van der Waals surface area (Å²) in [6.07, 6.45) is 6.25. The number of hydrogen-bond donors (Lipinski definition) is 2. The van der Waals surface area contributed by atoms with E-state index in [9.17, 15) is 14.4 Å². The first-order chi connectivity index (χ1) is 14.1. The Bertz CT molecular complexity index is 1180. The standard InChI is InChI=1S/C21H17N5O3/c27-18-14(11-23-12-24-18)19(28)26-9-7-21(17(26)13-4-3-8-22-10-13)15-5-1-2-6-16(15)25-20(21)29/h1-6,8,10-12,17H,7,9H2,(H,25,29)(H,23,24,27). The smallest absolute Gasteiger partial charge is 0.263 e. The van der Waals surface area contributed by atoms with Crippen LogP contribution >= 0.6 is 0 Å². The van der Waals surface area contributed by atoms with Gasteiger partial charge in [0.05, 0.1) is 12.4 Å². The number of nitrogens with one attached hydrogen (secondary N) is 2. The number of pyridine rings is 1. The summed E-state index contributed by atoms with van der Waals surface area (Å²) in [6, 6.07) is 10.6. The monoisotopic (exact) mass is 387 g/mol. The maximum atomic E-state index is 13.3. The fourth-order valence-corrected chi connectivity index (χ4v) is 4.56. The number of nitrogens with zero attached hydrogens (tertiary/aromatic N) is 3. The molecule has 2 aliphatic rings. The van der Waals surface area contributed by atoms with Crippen molar-refractivity contribution in [2.45, 2.75) is 17.9 Å². The van der Waals surface area contributed by atoms with Gasteiger partial charge in [-0.3, -0.25) is 19.4 Å². The van der Waals surface area contributed by atoms with E-state index in [4.69, 9.17) is 0 Å². The summed E-state index contributed by atoms with van der Waals surface area (Å²) in [6.45, 7) is 0.328. The number of anilines is 1. The molecule has 29 heavy (non-hydrogen) atoms. The van der Waals surface area contributed by atoms with Crippen molar-refractivity contribution in [3.8, 4) is 0 Å². The molecule has 2 unspecified atom stereocenters. The Balaban J connectivity index is 1.69. The van der Waals surface area contributed by atoms with E-state index in [1.807, 2.05) is 30.3 Å². The molecule has 8 heteroatoms. The molecule has 2 N–H and O–H groups in total. The number of rotatable bonds is 2. The minimum absolute atomic E-state index is 0.0508. The zero-order chi connectivity index (χ0) is 20.0. The van der Waals surface area contributed by atoms with Gasteiger partial charge >= 0.3 is 0 Å². The normalized spacial score (nSPS) is 22.6. The maximum absolute atomic E-state index is 13.3. The number of H-pyrrole nitrogens is 1. The van der Waals surface area contributed by atoms with E-state index in [-0.39, 0.29) is 11.5 Å². The Morgan fingerprint density at radius 1 is 1.10 bits per heavy atom. The summed E-state index contributed by atoms with van der Waals surface area (Å²) in [5.41, 5.74) is 0.849. The second-order valence-electron chi connectivity index (χ2n) is 7.20. The lowest BCUT2D eigenvalue weighted by Gasteiger charge is -2.34. The number of fused-ring (bicyclic) bond motifs is 2. The number of carbonyl (C=O) groups is 2. The zero-order valence-electron chi connectivity index (χ0n) is 15.3. The van der Waals surface area contributed by atoms with Gasteiger partial charge in [0.15, 0.2) is 0 Å². The second-order valence-corrected chi connectivity index (χ2v) is 7.20. The van der Waals surface area contributed by atoms with Crippen LogP contribution in [0.4, 0.5) is 5.69 Å². The van der Waals surface area contributed by atoms with Gasteiger partial charge in [-0.2, -0.15) is 0 Å². The summed E-state index contributed by atoms with van der Waals surface area (Å²) in [4.78, 5) is 50.9. The number of carbonyl (C=O) groups excluding carboxylic acids is 2. The molecular formula is C21H17N5O3. The van der Waals surface area contributed by atoms with Gasteiger partial charge in [0.25, 0.3) is 11.5 Å². The number of aromatic amines is 1. The van der Waals surface area contributed by atoms with Crippen LogP contribution < -0.4 is 10.9 Å². The summed E-state index contributed by atoms with van der Waals surface area (Å²) >= 11 is 0. The quantitative estimate of drug-likeness (QED) is 0.695. The summed E-state index contributed by atoms with van der Waals surface area (Å²) < 4.78 is 0. The zero-order valence-corrected chi connectivity index (χ0v) is 15.3. The molecule has 2 atom stereocenters. The molecule has 1 spiro atoms. The predicted molar refractivity (Wildman–Crippen MR) is 104 cm³/mol. The van der Waals surface area contributed by atoms with Crippen molar-refractivity contribution in [1.29, 1.82) is 0 Å². The average molecular weight is 387 g/mol. The molecule has 0 aliphatic carbocycles. The largest absolute Gasteiger partial charge is 0.330 e. The second kappa shape index (κ2) is 6.37. The third kappa shape index (κ3) is 2.42. The molecule has 1 aromatic carbocycles. The van der Waals surface area contributed by atoms with Crippen LogP contribution in [-0.2, 0) is 10.2 Å². The predicted octanol–water partition coefficient (Wildman–Crippen LogP) is 1.64. The number of para-hydroxylation sites is 1. The van der Waals surface area contributed by atoms with E-state index in [1.165, 1.54) is 12.5 Å². The maximum Gasteiger partial charge on any atom is 0.263 e. The fourth-order valence-electron chi connectivity index (χ4n) is 4.56. The van der Waals surface area contributed by atoms with Gasteiger partial charge in [-0.25, -0.2) is 4.98 Å². The van der Waals surface area contributed by atoms with E-state index in [1.54, 1.807) is 23.4 Å². The van der Waals surface area contributed by atoms with Crippen molar-refractivity contribution in [3.63, 3.8) is 0 Å². The number of likely N-dealkylation sites (tertiary alicyclic amines) is 1. The van der Waals surface area contributed by atoms with Crippen molar-refractivity contribution < 1.29 is 9.59 Å². The Morgan fingerprint density at radius 3 is 2.76 bits per heavy atom. The molecule has 3 aromatic rings. The molecular weight excluding hydrogens is 370 g/mol. The van der Waals surface area contributed by atoms with Crippen LogP contribution in [0.25, 0.3) is 0 Å². The van der Waals surface area contributed by atoms with E-state index in [0.717, 1.165) is 16.8 Å². The minimum Gasteiger partial charge on any atom is -0.330 e. The average Bonchev–Trinajstić information content (AvgIpc) is 3.28. The number of amides is 2. The Morgan fingerprint density at radius 2 is 1.97 bits per heavy atom. The van der Waals surface area contributed by atoms with Gasteiger partial charge in [-0.05, 0) is 29.7 Å². The highest BCUT2D eigenvalue weighted by molar-refractivity contribution is 6.08. The van der Waals surface area contributed by atoms with Crippen LogP contribution in [0.15, 0.2) is 66.1 Å². The van der Waals surface area contributed by atoms with Crippen molar-refractivity contribution >= 4 is 17.5 Å². The van der Waals surface area contributed by atoms with E-state index in [2.05, 4.69) is 20.3 Å². The lowest BCUT2D eigenvalue weighted by Crippen LogP contribution is -2.43. The molecule has 0 radical (unpaired) electrons. The first-order valence-electron chi connectivity index (χ1n) is 9.27. The first kappa shape index (κ1) is 17.3. The molecule has 2 amide bonds. The number of benzene rings is 1. The minimum atomic E-state index is -0.940. The summed E-state index contributed by atoms with van der Waals surface area (Å²) in [5, 5.41) is 2.96.